The second-order valence-electron chi connectivity index (χ2n) is 3.80. The molecule has 1 heterocycles. The summed E-state index contributed by atoms with van der Waals surface area (Å²) in [5, 5.41) is 2.66. The van der Waals surface area contributed by atoms with Crippen LogP contribution in [0, 0.1) is 19.7 Å². The molecule has 1 N–H and O–H groups in total. The van der Waals surface area contributed by atoms with Crippen molar-refractivity contribution < 1.29 is 13.6 Å². The fraction of sp³-hybridized carbons (Fsp3) is 0.154. The summed E-state index contributed by atoms with van der Waals surface area (Å²) in [4.78, 5) is 11.9. The molecule has 2 rings (SSSR count). The van der Waals surface area contributed by atoms with Gasteiger partial charge in [0.25, 0.3) is 5.91 Å². The smallest absolute Gasteiger partial charge is 0.259 e. The van der Waals surface area contributed by atoms with Crippen LogP contribution in [0.4, 0.5) is 10.1 Å². The molecule has 0 aliphatic carbocycles. The number of halogens is 1. The van der Waals surface area contributed by atoms with Gasteiger partial charge >= 0.3 is 0 Å². The molecule has 4 heteroatoms. The van der Waals surface area contributed by atoms with E-state index >= 15 is 0 Å². The summed E-state index contributed by atoms with van der Waals surface area (Å²) in [6, 6.07) is 5.85. The molecule has 0 saturated heterocycles. The number of amides is 1. The quantitative estimate of drug-likeness (QED) is 0.864. The van der Waals surface area contributed by atoms with Crippen LogP contribution in [-0.2, 0) is 0 Å². The molecule has 0 spiro atoms. The van der Waals surface area contributed by atoms with Crippen LogP contribution in [0.15, 0.2) is 34.9 Å². The van der Waals surface area contributed by atoms with E-state index in [2.05, 4.69) is 5.32 Å². The Morgan fingerprint density at radius 1 is 1.29 bits per heavy atom. The molecule has 88 valence electrons. The van der Waals surface area contributed by atoms with Crippen molar-refractivity contribution in [3.8, 4) is 0 Å². The highest BCUT2D eigenvalue weighted by atomic mass is 19.1. The molecule has 0 bridgehead atoms. The lowest BCUT2D eigenvalue weighted by Gasteiger charge is -2.07. The predicted octanol–water partition coefficient (Wildman–Crippen LogP) is 3.29. The van der Waals surface area contributed by atoms with Gasteiger partial charge in [0.05, 0.1) is 11.8 Å². The van der Waals surface area contributed by atoms with Crippen LogP contribution in [-0.4, -0.2) is 5.91 Å². The van der Waals surface area contributed by atoms with Crippen LogP contribution in [0.25, 0.3) is 0 Å². The molecule has 0 radical (unpaired) electrons. The van der Waals surface area contributed by atoms with Crippen molar-refractivity contribution in [2.45, 2.75) is 13.8 Å². The Bertz CT molecular complexity index is 560. The maximum absolute atomic E-state index is 13.0. The normalized spacial score (nSPS) is 10.3. The minimum Gasteiger partial charge on any atom is -0.469 e. The van der Waals surface area contributed by atoms with Crippen molar-refractivity contribution in [3.63, 3.8) is 0 Å². The van der Waals surface area contributed by atoms with Gasteiger partial charge in [-0.05, 0) is 37.6 Å². The summed E-state index contributed by atoms with van der Waals surface area (Å²) in [6.07, 6.45) is 1.45. The number of nitrogens with one attached hydrogen (secondary N) is 1. The van der Waals surface area contributed by atoms with Gasteiger partial charge in [0.1, 0.15) is 11.6 Å². The number of rotatable bonds is 2. The Morgan fingerprint density at radius 3 is 2.71 bits per heavy atom. The molecule has 3 nitrogen and oxygen atoms in total. The monoisotopic (exact) mass is 233 g/mol. The predicted molar refractivity (Wildman–Crippen MR) is 62.5 cm³/mol. The fourth-order valence-electron chi connectivity index (χ4n) is 1.54. The minimum atomic E-state index is -0.380. The van der Waals surface area contributed by atoms with Crippen molar-refractivity contribution in [2.24, 2.45) is 0 Å². The standard InChI is InChI=1S/C13H12FNO2/c1-8-3-4-10(14)7-12(8)15-13(16)11-5-6-17-9(11)2/h3-7H,1-2H3,(H,15,16). The van der Waals surface area contributed by atoms with Crippen LogP contribution in [0.3, 0.4) is 0 Å². The van der Waals surface area contributed by atoms with Crippen LogP contribution in [0.5, 0.6) is 0 Å². The average molecular weight is 233 g/mol. The molecular formula is C13H12FNO2. The van der Waals surface area contributed by atoms with Gasteiger partial charge in [-0.2, -0.15) is 0 Å². The fourth-order valence-corrected chi connectivity index (χ4v) is 1.54. The maximum Gasteiger partial charge on any atom is 0.259 e. The lowest BCUT2D eigenvalue weighted by molar-refractivity contribution is 0.102. The Balaban J connectivity index is 2.24. The van der Waals surface area contributed by atoms with E-state index in [1.807, 2.05) is 0 Å². The lowest BCUT2D eigenvalue weighted by atomic mass is 10.2. The van der Waals surface area contributed by atoms with Gasteiger partial charge in [0.15, 0.2) is 0 Å². The Labute approximate surface area is 98.3 Å². The number of hydrogen-bond donors (Lipinski definition) is 1. The van der Waals surface area contributed by atoms with E-state index in [9.17, 15) is 9.18 Å². The van der Waals surface area contributed by atoms with Gasteiger partial charge < -0.3 is 9.73 Å². The summed E-state index contributed by atoms with van der Waals surface area (Å²) >= 11 is 0. The molecule has 1 aromatic heterocycles. The van der Waals surface area contributed by atoms with Crippen molar-refractivity contribution in [2.75, 3.05) is 5.32 Å². The first-order chi connectivity index (χ1) is 8.08. The highest BCUT2D eigenvalue weighted by molar-refractivity contribution is 6.05. The van der Waals surface area contributed by atoms with Crippen molar-refractivity contribution in [3.05, 3.63) is 53.2 Å². The Kier molecular flexibility index (Phi) is 2.95. The minimum absolute atomic E-state index is 0.301. The molecule has 0 fully saturated rings. The number of anilines is 1. The number of carbonyl (C=O) groups excluding carboxylic acids is 1. The van der Waals surface area contributed by atoms with Gasteiger partial charge in [0.2, 0.25) is 0 Å². The zero-order valence-electron chi connectivity index (χ0n) is 9.58. The first-order valence-corrected chi connectivity index (χ1v) is 5.19. The molecule has 0 saturated carbocycles. The third-order valence-electron chi connectivity index (χ3n) is 2.55. The molecule has 2 aromatic rings. The molecule has 0 aliphatic heterocycles. The van der Waals surface area contributed by atoms with Crippen molar-refractivity contribution >= 4 is 11.6 Å². The van der Waals surface area contributed by atoms with Crippen LogP contribution < -0.4 is 5.32 Å². The summed E-state index contributed by atoms with van der Waals surface area (Å²) in [7, 11) is 0. The number of benzene rings is 1. The van der Waals surface area contributed by atoms with E-state index in [-0.39, 0.29) is 11.7 Å². The SMILES string of the molecule is Cc1ccc(F)cc1NC(=O)c1ccoc1C. The van der Waals surface area contributed by atoms with E-state index in [0.29, 0.717) is 17.0 Å². The lowest BCUT2D eigenvalue weighted by Crippen LogP contribution is -2.13. The molecule has 0 aliphatic rings. The van der Waals surface area contributed by atoms with E-state index in [4.69, 9.17) is 4.42 Å². The summed E-state index contributed by atoms with van der Waals surface area (Å²) < 4.78 is 18.1. The third kappa shape index (κ3) is 2.36. The number of hydrogen-bond acceptors (Lipinski definition) is 2. The largest absolute Gasteiger partial charge is 0.469 e. The molecular weight excluding hydrogens is 221 g/mol. The maximum atomic E-state index is 13.0. The molecule has 0 atom stereocenters. The number of carbonyl (C=O) groups is 1. The number of furan rings is 1. The zero-order valence-corrected chi connectivity index (χ0v) is 9.58. The first kappa shape index (κ1) is 11.4. The highest BCUT2D eigenvalue weighted by Crippen LogP contribution is 2.18. The topological polar surface area (TPSA) is 42.2 Å². The molecule has 0 unspecified atom stereocenters. The first-order valence-electron chi connectivity index (χ1n) is 5.19. The summed E-state index contributed by atoms with van der Waals surface area (Å²) in [5.74, 6) is -0.142. The Hall–Kier alpha value is -2.10. The molecule has 1 aromatic carbocycles. The van der Waals surface area contributed by atoms with Gasteiger partial charge in [0, 0.05) is 5.69 Å². The van der Waals surface area contributed by atoms with Crippen molar-refractivity contribution in [1.29, 1.82) is 0 Å². The second-order valence-corrected chi connectivity index (χ2v) is 3.80. The number of aryl methyl sites for hydroxylation is 2. The zero-order chi connectivity index (χ0) is 12.4. The van der Waals surface area contributed by atoms with E-state index < -0.39 is 0 Å². The van der Waals surface area contributed by atoms with Gasteiger partial charge in [-0.3, -0.25) is 4.79 Å². The third-order valence-corrected chi connectivity index (χ3v) is 2.55. The van der Waals surface area contributed by atoms with E-state index in [1.165, 1.54) is 18.4 Å². The van der Waals surface area contributed by atoms with E-state index in [1.54, 1.807) is 26.0 Å². The average Bonchev–Trinajstić information content (AvgIpc) is 2.70. The Morgan fingerprint density at radius 2 is 2.06 bits per heavy atom. The van der Waals surface area contributed by atoms with Crippen LogP contribution in [0.2, 0.25) is 0 Å². The second kappa shape index (κ2) is 4.41. The van der Waals surface area contributed by atoms with Crippen molar-refractivity contribution in [1.82, 2.24) is 0 Å². The van der Waals surface area contributed by atoms with Crippen LogP contribution in [0.1, 0.15) is 21.7 Å². The van der Waals surface area contributed by atoms with Crippen LogP contribution >= 0.6 is 0 Å². The van der Waals surface area contributed by atoms with Gasteiger partial charge in [-0.1, -0.05) is 6.07 Å². The van der Waals surface area contributed by atoms with Gasteiger partial charge in [-0.15, -0.1) is 0 Å². The highest BCUT2D eigenvalue weighted by Gasteiger charge is 2.12. The van der Waals surface area contributed by atoms with E-state index in [0.717, 1.165) is 5.56 Å². The summed E-state index contributed by atoms with van der Waals surface area (Å²) in [5.41, 5.74) is 1.73. The van der Waals surface area contributed by atoms with Gasteiger partial charge in [-0.25, -0.2) is 4.39 Å². The summed E-state index contributed by atoms with van der Waals surface area (Å²) in [6.45, 7) is 3.50. The molecule has 17 heavy (non-hydrogen) atoms. The molecule has 1 amide bonds.